The number of likely N-dealkylation sites (N-methyl/N-ethyl adjacent to an activating group) is 1. The third kappa shape index (κ3) is 5.74. The summed E-state index contributed by atoms with van der Waals surface area (Å²) in [5.41, 5.74) is 0.307. The number of halogens is 3. The molecular formula is C19H27F3N4O4. The number of rotatable bonds is 7. The molecule has 0 aliphatic heterocycles. The number of alkyl halides is 3. The van der Waals surface area contributed by atoms with E-state index in [1.54, 1.807) is 18.9 Å². The number of nitro benzene ring substituents is 1. The minimum absolute atomic E-state index is 0.0294. The summed E-state index contributed by atoms with van der Waals surface area (Å²) in [6.07, 6.45) is -4.71. The second kappa shape index (κ2) is 9.50. The maximum Gasteiger partial charge on any atom is 0.391 e. The van der Waals surface area contributed by atoms with Crippen molar-refractivity contribution in [2.45, 2.75) is 50.9 Å². The van der Waals surface area contributed by atoms with Gasteiger partial charge in [-0.25, -0.2) is 0 Å². The summed E-state index contributed by atoms with van der Waals surface area (Å²) >= 11 is 0. The van der Waals surface area contributed by atoms with E-state index in [0.29, 0.717) is 5.69 Å². The van der Waals surface area contributed by atoms with E-state index in [2.05, 4.69) is 10.6 Å². The van der Waals surface area contributed by atoms with Gasteiger partial charge in [0.1, 0.15) is 5.69 Å². The standard InChI is InChI=1S/C19H27F3N4O4/c1-11(27)10-25(3)16-9-15(23-2)17(26(29)30)8-14(16)18(28)24-13-6-4-12(5-7-13)19(20,21)22/h8-9,11-13,23,27H,4-7,10H2,1-3H3,(H,24,28). The first-order valence-electron chi connectivity index (χ1n) is 9.71. The van der Waals surface area contributed by atoms with Crippen LogP contribution in [0.5, 0.6) is 0 Å². The first-order valence-corrected chi connectivity index (χ1v) is 9.71. The molecule has 168 valence electrons. The van der Waals surface area contributed by atoms with Crippen LogP contribution in [0.25, 0.3) is 0 Å². The number of nitrogens with zero attached hydrogens (tertiary/aromatic N) is 2. The van der Waals surface area contributed by atoms with Crippen LogP contribution in [0.4, 0.5) is 30.2 Å². The van der Waals surface area contributed by atoms with Crippen LogP contribution in [-0.4, -0.2) is 54.9 Å². The van der Waals surface area contributed by atoms with E-state index in [4.69, 9.17) is 0 Å². The van der Waals surface area contributed by atoms with Crippen LogP contribution in [0, 0.1) is 16.0 Å². The zero-order chi connectivity index (χ0) is 22.6. The molecule has 1 saturated carbocycles. The minimum Gasteiger partial charge on any atom is -0.392 e. The average Bonchev–Trinajstić information content (AvgIpc) is 2.65. The number of anilines is 2. The molecule has 1 aromatic carbocycles. The molecule has 1 aliphatic carbocycles. The first kappa shape index (κ1) is 23.7. The molecule has 0 aromatic heterocycles. The normalized spacial score (nSPS) is 20.4. The van der Waals surface area contributed by atoms with Gasteiger partial charge in [-0.1, -0.05) is 0 Å². The van der Waals surface area contributed by atoms with Gasteiger partial charge in [0.15, 0.2) is 0 Å². The summed E-state index contributed by atoms with van der Waals surface area (Å²) in [6, 6.07) is 2.17. The van der Waals surface area contributed by atoms with Gasteiger partial charge in [0, 0.05) is 32.7 Å². The van der Waals surface area contributed by atoms with E-state index in [-0.39, 0.29) is 49.2 Å². The van der Waals surface area contributed by atoms with Crippen LogP contribution >= 0.6 is 0 Å². The van der Waals surface area contributed by atoms with Crippen molar-refractivity contribution >= 4 is 23.0 Å². The second-order valence-electron chi connectivity index (χ2n) is 7.69. The molecule has 1 unspecified atom stereocenters. The molecule has 0 bridgehead atoms. The lowest BCUT2D eigenvalue weighted by Gasteiger charge is -2.31. The largest absolute Gasteiger partial charge is 0.392 e. The van der Waals surface area contributed by atoms with Crippen LogP contribution in [0.3, 0.4) is 0 Å². The van der Waals surface area contributed by atoms with Crippen LogP contribution < -0.4 is 15.5 Å². The SMILES string of the molecule is CNc1cc(N(C)CC(C)O)c(C(=O)NC2CCC(C(F)(F)F)CC2)cc1[N+](=O)[O-]. The third-order valence-corrected chi connectivity index (χ3v) is 5.30. The van der Waals surface area contributed by atoms with Crippen molar-refractivity contribution in [1.29, 1.82) is 0 Å². The monoisotopic (exact) mass is 432 g/mol. The number of carbonyl (C=O) groups is 1. The zero-order valence-corrected chi connectivity index (χ0v) is 17.1. The molecule has 1 fully saturated rings. The molecule has 1 atom stereocenters. The zero-order valence-electron chi connectivity index (χ0n) is 17.1. The molecule has 3 N–H and O–H groups in total. The Morgan fingerprint density at radius 3 is 2.40 bits per heavy atom. The van der Waals surface area contributed by atoms with Crippen LogP contribution in [0.1, 0.15) is 43.0 Å². The summed E-state index contributed by atoms with van der Waals surface area (Å²) in [5.74, 6) is -1.96. The van der Waals surface area contributed by atoms with Crippen molar-refractivity contribution in [1.82, 2.24) is 5.32 Å². The van der Waals surface area contributed by atoms with Gasteiger partial charge in [-0.3, -0.25) is 14.9 Å². The van der Waals surface area contributed by atoms with Gasteiger partial charge in [0.25, 0.3) is 11.6 Å². The fourth-order valence-corrected chi connectivity index (χ4v) is 3.75. The Bertz CT molecular complexity index is 778. The van der Waals surface area contributed by atoms with Crippen molar-refractivity contribution in [3.8, 4) is 0 Å². The highest BCUT2D eigenvalue weighted by atomic mass is 19.4. The van der Waals surface area contributed by atoms with Gasteiger partial charge >= 0.3 is 6.18 Å². The van der Waals surface area contributed by atoms with Crippen molar-refractivity contribution in [3.05, 3.63) is 27.8 Å². The Kier molecular flexibility index (Phi) is 7.51. The lowest BCUT2D eigenvalue weighted by atomic mass is 9.85. The number of nitro groups is 1. The molecule has 0 heterocycles. The molecule has 0 radical (unpaired) electrons. The molecule has 0 spiro atoms. The number of aliphatic hydroxyl groups is 1. The minimum atomic E-state index is -4.24. The fourth-order valence-electron chi connectivity index (χ4n) is 3.75. The number of amides is 1. The van der Waals surface area contributed by atoms with Gasteiger partial charge in [0.05, 0.1) is 28.2 Å². The Hall–Kier alpha value is -2.56. The van der Waals surface area contributed by atoms with E-state index < -0.39 is 35.1 Å². The average molecular weight is 432 g/mol. The van der Waals surface area contributed by atoms with Crippen LogP contribution in [0.15, 0.2) is 12.1 Å². The number of hydrogen-bond acceptors (Lipinski definition) is 6. The molecule has 0 saturated heterocycles. The summed E-state index contributed by atoms with van der Waals surface area (Å²) in [4.78, 5) is 25.3. The van der Waals surface area contributed by atoms with E-state index in [9.17, 15) is 33.2 Å². The van der Waals surface area contributed by atoms with Crippen molar-refractivity contribution in [3.63, 3.8) is 0 Å². The van der Waals surface area contributed by atoms with Gasteiger partial charge in [-0.2, -0.15) is 13.2 Å². The number of hydrogen-bond donors (Lipinski definition) is 3. The predicted molar refractivity (Wildman–Crippen MR) is 107 cm³/mol. The Labute approximate surface area is 172 Å². The lowest BCUT2D eigenvalue weighted by Crippen LogP contribution is -2.40. The Balaban J connectivity index is 2.28. The van der Waals surface area contributed by atoms with Gasteiger partial charge in [-0.15, -0.1) is 0 Å². The molecule has 11 heteroatoms. The van der Waals surface area contributed by atoms with Gasteiger partial charge in [-0.05, 0) is 38.7 Å². The van der Waals surface area contributed by atoms with Crippen molar-refractivity contribution in [2.75, 3.05) is 30.9 Å². The van der Waals surface area contributed by atoms with Crippen LogP contribution in [-0.2, 0) is 0 Å². The number of carbonyl (C=O) groups excluding carboxylic acids is 1. The van der Waals surface area contributed by atoms with Crippen LogP contribution in [0.2, 0.25) is 0 Å². The van der Waals surface area contributed by atoms with Gasteiger partial charge < -0.3 is 20.6 Å². The summed E-state index contributed by atoms with van der Waals surface area (Å²) < 4.78 is 38.6. The first-order chi connectivity index (χ1) is 13.9. The number of benzene rings is 1. The molecule has 30 heavy (non-hydrogen) atoms. The topological polar surface area (TPSA) is 108 Å². The van der Waals surface area contributed by atoms with E-state index in [0.717, 1.165) is 6.07 Å². The molecule has 1 aromatic rings. The van der Waals surface area contributed by atoms with Crippen molar-refractivity contribution in [2.24, 2.45) is 5.92 Å². The lowest BCUT2D eigenvalue weighted by molar-refractivity contribution is -0.383. The second-order valence-corrected chi connectivity index (χ2v) is 7.69. The number of nitrogens with one attached hydrogen (secondary N) is 2. The maximum absolute atomic E-state index is 12.9. The highest BCUT2D eigenvalue weighted by Gasteiger charge is 2.41. The Morgan fingerprint density at radius 2 is 1.93 bits per heavy atom. The van der Waals surface area contributed by atoms with E-state index >= 15 is 0 Å². The Morgan fingerprint density at radius 1 is 1.33 bits per heavy atom. The fraction of sp³-hybridized carbons (Fsp3) is 0.632. The van der Waals surface area contributed by atoms with E-state index in [1.807, 2.05) is 0 Å². The van der Waals surface area contributed by atoms with Gasteiger partial charge in [0.2, 0.25) is 0 Å². The highest BCUT2D eigenvalue weighted by molar-refractivity contribution is 6.02. The molecular weight excluding hydrogens is 405 g/mol. The quantitative estimate of drug-likeness (QED) is 0.451. The highest BCUT2D eigenvalue weighted by Crippen LogP contribution is 2.38. The molecule has 2 rings (SSSR count). The third-order valence-electron chi connectivity index (χ3n) is 5.30. The smallest absolute Gasteiger partial charge is 0.391 e. The molecule has 1 amide bonds. The summed E-state index contributed by atoms with van der Waals surface area (Å²) in [5, 5.41) is 26.5. The predicted octanol–water partition coefficient (Wildman–Crippen LogP) is 3.30. The van der Waals surface area contributed by atoms with E-state index in [1.165, 1.54) is 13.1 Å². The van der Waals surface area contributed by atoms with Crippen molar-refractivity contribution < 1.29 is 28.0 Å². The summed E-state index contributed by atoms with van der Waals surface area (Å²) in [6.45, 7) is 1.75. The maximum atomic E-state index is 12.9. The molecule has 8 nitrogen and oxygen atoms in total. The summed E-state index contributed by atoms with van der Waals surface area (Å²) in [7, 11) is 3.15. The number of aliphatic hydroxyl groups excluding tert-OH is 1. The molecule has 1 aliphatic rings.